The molecule has 1 saturated heterocycles. The number of amides is 1. The van der Waals surface area contributed by atoms with E-state index in [0.717, 1.165) is 25.9 Å². The molecule has 2 aromatic rings. The number of piperidine rings is 1. The Morgan fingerprint density at radius 3 is 2.68 bits per heavy atom. The predicted octanol–water partition coefficient (Wildman–Crippen LogP) is 2.49. The molecule has 1 fully saturated rings. The highest BCUT2D eigenvalue weighted by molar-refractivity contribution is 7.03. The number of likely N-dealkylation sites (tertiary alicyclic amines) is 1. The molecule has 0 spiro atoms. The standard InChI is InChI=1S/C16H20N4OS/c1-12(13-2-7-17-8-3-13)20-9-4-14(5-10-20)18-16(21)15-6-11-22-19-15/h2-3,6-8,11-12,14H,4-5,9-10H2,1H3,(H,18,21). The fourth-order valence-electron chi connectivity index (χ4n) is 2.87. The second-order valence-electron chi connectivity index (χ2n) is 5.62. The maximum atomic E-state index is 12.0. The molecule has 0 aliphatic carbocycles. The zero-order valence-electron chi connectivity index (χ0n) is 12.6. The van der Waals surface area contributed by atoms with E-state index in [1.807, 2.05) is 17.8 Å². The maximum absolute atomic E-state index is 12.0. The van der Waals surface area contributed by atoms with Crippen molar-refractivity contribution in [3.63, 3.8) is 0 Å². The Bertz CT molecular complexity index is 594. The smallest absolute Gasteiger partial charge is 0.271 e. The Hall–Kier alpha value is -1.79. The zero-order chi connectivity index (χ0) is 15.4. The molecule has 22 heavy (non-hydrogen) atoms. The van der Waals surface area contributed by atoms with E-state index >= 15 is 0 Å². The number of hydrogen-bond acceptors (Lipinski definition) is 5. The number of rotatable bonds is 4. The van der Waals surface area contributed by atoms with Crippen LogP contribution in [-0.2, 0) is 0 Å². The number of aromatic nitrogens is 2. The summed E-state index contributed by atoms with van der Waals surface area (Å²) in [6.45, 7) is 4.21. The van der Waals surface area contributed by atoms with Crippen molar-refractivity contribution in [3.05, 3.63) is 47.2 Å². The number of nitrogens with zero attached hydrogens (tertiary/aromatic N) is 3. The first-order valence-electron chi connectivity index (χ1n) is 7.59. The molecule has 116 valence electrons. The summed E-state index contributed by atoms with van der Waals surface area (Å²) in [6.07, 6.45) is 5.63. The van der Waals surface area contributed by atoms with Gasteiger partial charge in [0.15, 0.2) is 0 Å². The lowest BCUT2D eigenvalue weighted by Crippen LogP contribution is -2.45. The first-order chi connectivity index (χ1) is 10.7. The van der Waals surface area contributed by atoms with Crippen molar-refractivity contribution in [1.29, 1.82) is 0 Å². The summed E-state index contributed by atoms with van der Waals surface area (Å²) >= 11 is 1.31. The molecular weight excluding hydrogens is 296 g/mol. The predicted molar refractivity (Wildman–Crippen MR) is 86.8 cm³/mol. The molecule has 3 heterocycles. The van der Waals surface area contributed by atoms with Gasteiger partial charge in [-0.15, -0.1) is 0 Å². The van der Waals surface area contributed by atoms with Crippen LogP contribution in [-0.4, -0.2) is 39.3 Å². The third-order valence-corrected chi connectivity index (χ3v) is 4.83. The van der Waals surface area contributed by atoms with Crippen molar-refractivity contribution in [2.75, 3.05) is 13.1 Å². The van der Waals surface area contributed by atoms with Crippen molar-refractivity contribution >= 4 is 17.4 Å². The minimum atomic E-state index is -0.0538. The van der Waals surface area contributed by atoms with E-state index in [1.54, 1.807) is 6.07 Å². The molecule has 1 amide bonds. The van der Waals surface area contributed by atoms with Gasteiger partial charge in [0.25, 0.3) is 5.91 Å². The lowest BCUT2D eigenvalue weighted by molar-refractivity contribution is 0.0892. The van der Waals surface area contributed by atoms with E-state index < -0.39 is 0 Å². The Morgan fingerprint density at radius 1 is 1.32 bits per heavy atom. The fraction of sp³-hybridized carbons (Fsp3) is 0.438. The molecule has 1 N–H and O–H groups in total. The molecule has 1 atom stereocenters. The molecule has 0 bridgehead atoms. The van der Waals surface area contributed by atoms with Crippen molar-refractivity contribution < 1.29 is 4.79 Å². The van der Waals surface area contributed by atoms with Gasteiger partial charge in [0.1, 0.15) is 5.69 Å². The van der Waals surface area contributed by atoms with Gasteiger partial charge < -0.3 is 5.32 Å². The Kier molecular flexibility index (Phi) is 4.80. The average Bonchev–Trinajstić information content (AvgIpc) is 3.10. The SMILES string of the molecule is CC(c1ccncc1)N1CCC(NC(=O)c2ccsn2)CC1. The molecule has 3 rings (SSSR count). The molecule has 2 aromatic heterocycles. The van der Waals surface area contributed by atoms with E-state index in [9.17, 15) is 4.79 Å². The Labute approximate surface area is 134 Å². The first-order valence-corrected chi connectivity index (χ1v) is 8.43. The number of nitrogens with one attached hydrogen (secondary N) is 1. The third kappa shape index (κ3) is 3.51. The van der Waals surface area contributed by atoms with Gasteiger partial charge in [-0.3, -0.25) is 14.7 Å². The van der Waals surface area contributed by atoms with Crippen LogP contribution in [0.5, 0.6) is 0 Å². The summed E-state index contributed by atoms with van der Waals surface area (Å²) in [5.74, 6) is -0.0538. The van der Waals surface area contributed by atoms with Gasteiger partial charge >= 0.3 is 0 Å². The fourth-order valence-corrected chi connectivity index (χ4v) is 3.38. The van der Waals surface area contributed by atoms with Crippen LogP contribution < -0.4 is 5.32 Å². The van der Waals surface area contributed by atoms with Gasteiger partial charge in [-0.2, -0.15) is 4.37 Å². The van der Waals surface area contributed by atoms with E-state index in [0.29, 0.717) is 11.7 Å². The van der Waals surface area contributed by atoms with E-state index in [1.165, 1.54) is 17.1 Å². The van der Waals surface area contributed by atoms with Gasteiger partial charge in [-0.05, 0) is 55.1 Å². The van der Waals surface area contributed by atoms with Crippen LogP contribution >= 0.6 is 11.5 Å². The highest BCUT2D eigenvalue weighted by Gasteiger charge is 2.25. The molecule has 1 unspecified atom stereocenters. The topological polar surface area (TPSA) is 58.1 Å². The summed E-state index contributed by atoms with van der Waals surface area (Å²) in [4.78, 5) is 18.6. The summed E-state index contributed by atoms with van der Waals surface area (Å²) in [5.41, 5.74) is 1.82. The largest absolute Gasteiger partial charge is 0.348 e. The van der Waals surface area contributed by atoms with Crippen molar-refractivity contribution in [2.24, 2.45) is 0 Å². The van der Waals surface area contributed by atoms with Crippen molar-refractivity contribution in [1.82, 2.24) is 19.6 Å². The average molecular weight is 316 g/mol. The van der Waals surface area contributed by atoms with Gasteiger partial charge in [-0.1, -0.05) is 0 Å². The molecule has 0 aromatic carbocycles. The normalized spacial score (nSPS) is 18.0. The third-order valence-electron chi connectivity index (χ3n) is 4.27. The van der Waals surface area contributed by atoms with Crippen LogP contribution in [0.15, 0.2) is 36.0 Å². The highest BCUT2D eigenvalue weighted by atomic mass is 32.1. The number of hydrogen-bond donors (Lipinski definition) is 1. The van der Waals surface area contributed by atoms with Crippen LogP contribution in [0.1, 0.15) is 41.9 Å². The summed E-state index contributed by atoms with van der Waals surface area (Å²) in [5, 5.41) is 4.92. The van der Waals surface area contributed by atoms with E-state index in [2.05, 4.69) is 38.6 Å². The zero-order valence-corrected chi connectivity index (χ0v) is 13.4. The lowest BCUT2D eigenvalue weighted by atomic mass is 10.0. The molecule has 1 aliphatic rings. The van der Waals surface area contributed by atoms with Crippen LogP contribution in [0.25, 0.3) is 0 Å². The van der Waals surface area contributed by atoms with Crippen LogP contribution in [0, 0.1) is 0 Å². The molecule has 6 heteroatoms. The monoisotopic (exact) mass is 316 g/mol. The summed E-state index contributed by atoms with van der Waals surface area (Å²) in [7, 11) is 0. The second-order valence-corrected chi connectivity index (χ2v) is 6.29. The lowest BCUT2D eigenvalue weighted by Gasteiger charge is -2.36. The van der Waals surface area contributed by atoms with Crippen molar-refractivity contribution in [2.45, 2.75) is 31.8 Å². The number of carbonyl (C=O) groups is 1. The van der Waals surface area contributed by atoms with Crippen LogP contribution in [0.4, 0.5) is 0 Å². The van der Waals surface area contributed by atoms with Gasteiger partial charge in [0.2, 0.25) is 0 Å². The number of pyridine rings is 1. The minimum absolute atomic E-state index is 0.0538. The molecule has 0 saturated carbocycles. The van der Waals surface area contributed by atoms with Crippen LogP contribution in [0.2, 0.25) is 0 Å². The Balaban J connectivity index is 1.51. The molecule has 5 nitrogen and oxygen atoms in total. The van der Waals surface area contributed by atoms with E-state index in [4.69, 9.17) is 0 Å². The summed E-state index contributed by atoms with van der Waals surface area (Å²) < 4.78 is 4.08. The van der Waals surface area contributed by atoms with Crippen LogP contribution in [0.3, 0.4) is 0 Å². The first kappa shape index (κ1) is 15.1. The van der Waals surface area contributed by atoms with Gasteiger partial charge in [0, 0.05) is 42.9 Å². The molecular formula is C16H20N4OS. The number of carbonyl (C=O) groups excluding carboxylic acids is 1. The van der Waals surface area contributed by atoms with Gasteiger partial charge in [0.05, 0.1) is 0 Å². The highest BCUT2D eigenvalue weighted by Crippen LogP contribution is 2.23. The minimum Gasteiger partial charge on any atom is -0.348 e. The molecule has 0 radical (unpaired) electrons. The van der Waals surface area contributed by atoms with Crippen molar-refractivity contribution in [3.8, 4) is 0 Å². The quantitative estimate of drug-likeness (QED) is 0.941. The maximum Gasteiger partial charge on any atom is 0.271 e. The molecule has 1 aliphatic heterocycles. The van der Waals surface area contributed by atoms with Gasteiger partial charge in [-0.25, -0.2) is 0 Å². The Morgan fingerprint density at radius 2 is 2.05 bits per heavy atom. The second kappa shape index (κ2) is 6.98. The summed E-state index contributed by atoms with van der Waals surface area (Å²) in [6, 6.07) is 6.54. The van der Waals surface area contributed by atoms with E-state index in [-0.39, 0.29) is 11.9 Å².